The van der Waals surface area contributed by atoms with Crippen molar-refractivity contribution in [2.24, 2.45) is 0 Å². The standard InChI is InChI=1S/C50H79NO12S.Na.H/c1-2-3-4-5-6-7-8-9-10-17-28-37-44(53)51(62-46(55)39-30-19-14-12-16-23-32-42-35-26-21-27-36-42)47-49(48(63-64(57,58)59)43(40-52)60-50(47)56)61-45(54)38-29-18-13-11-15-22-31-41-33-24-20-25-34-41;;/h20-21,24-27,33-36,43,47-50,52,56H,2-19,22-23,28-32,37-40H2,1H3,(H,57,58,59);;/t43-,47+,48-,49-,50+;;/m1../s1. The van der Waals surface area contributed by atoms with Crippen LogP contribution in [0.3, 0.4) is 0 Å². The third kappa shape index (κ3) is 26.1. The SMILES string of the molecule is CCCCCCCCCCCCCC(=O)N(OC(=O)CCCCCCCCc1ccccc1)[C@H]1[C@@H](OC(=O)CCCCCCCCc2ccccc2)[C@H](OS(=O)(=O)O)[C@@H](CO)O[C@@H]1O.[NaH]. The molecule has 0 saturated carbocycles. The summed E-state index contributed by atoms with van der Waals surface area (Å²) in [6, 6.07) is 18.8. The van der Waals surface area contributed by atoms with Gasteiger partial charge in [-0.3, -0.25) is 14.1 Å². The zero-order valence-electron chi connectivity index (χ0n) is 38.5. The molecular formula is C50H80NNaO12S. The van der Waals surface area contributed by atoms with E-state index >= 15 is 0 Å². The number of esters is 1. The maximum atomic E-state index is 14.0. The summed E-state index contributed by atoms with van der Waals surface area (Å²) in [7, 11) is -5.24. The van der Waals surface area contributed by atoms with Gasteiger partial charge >= 0.3 is 51.9 Å². The van der Waals surface area contributed by atoms with Gasteiger partial charge in [0.2, 0.25) is 0 Å². The number of amides is 1. The molecular weight excluding hydrogens is 862 g/mol. The molecule has 65 heavy (non-hydrogen) atoms. The summed E-state index contributed by atoms with van der Waals surface area (Å²) >= 11 is 0. The average Bonchev–Trinajstić information content (AvgIpc) is 3.27. The van der Waals surface area contributed by atoms with Crippen LogP contribution in [0.15, 0.2) is 60.7 Å². The number of unbranched alkanes of at least 4 members (excludes halogenated alkanes) is 20. The summed E-state index contributed by atoms with van der Waals surface area (Å²) in [5.74, 6) is -2.27. The molecule has 0 aromatic heterocycles. The number of hydrogen-bond donors (Lipinski definition) is 3. The number of aryl methyl sites for hydroxylation is 2. The minimum atomic E-state index is -5.24. The molecule has 3 N–H and O–H groups in total. The Hall–Kier alpha value is -2.40. The molecule has 2 aromatic rings. The number of ether oxygens (including phenoxy) is 2. The summed E-state index contributed by atoms with van der Waals surface area (Å²) in [6.07, 6.45) is 16.4. The average molecular weight is 942 g/mol. The van der Waals surface area contributed by atoms with E-state index in [0.717, 1.165) is 109 Å². The Bertz CT molecular complexity index is 1650. The van der Waals surface area contributed by atoms with E-state index in [0.29, 0.717) is 24.3 Å². The molecule has 1 amide bonds. The summed E-state index contributed by atoms with van der Waals surface area (Å²) in [5, 5.41) is 22.1. The molecule has 0 radical (unpaired) electrons. The fraction of sp³-hybridized carbons (Fsp3) is 0.700. The Kier molecular flexibility index (Phi) is 32.3. The van der Waals surface area contributed by atoms with E-state index in [-0.39, 0.29) is 48.8 Å². The van der Waals surface area contributed by atoms with Crippen molar-refractivity contribution in [3.05, 3.63) is 71.8 Å². The summed E-state index contributed by atoms with van der Waals surface area (Å²) in [4.78, 5) is 46.5. The van der Waals surface area contributed by atoms with Gasteiger partial charge in [0.25, 0.3) is 5.91 Å². The Balaban J connectivity index is 0.0000145. The monoisotopic (exact) mass is 942 g/mol. The van der Waals surface area contributed by atoms with Crippen LogP contribution in [0.4, 0.5) is 0 Å². The van der Waals surface area contributed by atoms with E-state index in [9.17, 15) is 37.6 Å². The van der Waals surface area contributed by atoms with Crippen LogP contribution in [-0.2, 0) is 56.1 Å². The van der Waals surface area contributed by atoms with Crippen molar-refractivity contribution >= 4 is 57.8 Å². The number of rotatable bonds is 35. The molecule has 1 saturated heterocycles. The molecule has 0 spiro atoms. The van der Waals surface area contributed by atoms with Crippen LogP contribution in [0, 0.1) is 0 Å². The first-order valence-corrected chi connectivity index (χ1v) is 25.8. The molecule has 13 nitrogen and oxygen atoms in total. The predicted octanol–water partition coefficient (Wildman–Crippen LogP) is 9.45. The van der Waals surface area contributed by atoms with Crippen molar-refractivity contribution in [3.63, 3.8) is 0 Å². The maximum absolute atomic E-state index is 14.0. The minimum absolute atomic E-state index is 0. The van der Waals surface area contributed by atoms with Crippen LogP contribution in [0.2, 0.25) is 0 Å². The third-order valence-electron chi connectivity index (χ3n) is 11.9. The van der Waals surface area contributed by atoms with Crippen molar-refractivity contribution in [2.45, 2.75) is 217 Å². The van der Waals surface area contributed by atoms with Crippen molar-refractivity contribution in [1.82, 2.24) is 5.06 Å². The van der Waals surface area contributed by atoms with Gasteiger partial charge in [0.15, 0.2) is 18.4 Å². The molecule has 1 heterocycles. The van der Waals surface area contributed by atoms with Crippen molar-refractivity contribution in [3.8, 4) is 0 Å². The first-order chi connectivity index (χ1) is 31.0. The second-order valence-corrected chi connectivity index (χ2v) is 18.4. The van der Waals surface area contributed by atoms with E-state index in [1.165, 1.54) is 43.2 Å². The predicted molar refractivity (Wildman–Crippen MR) is 254 cm³/mol. The normalized spacial score (nSPS) is 18.4. The van der Waals surface area contributed by atoms with Gasteiger partial charge in [0.1, 0.15) is 12.2 Å². The fourth-order valence-corrected chi connectivity index (χ4v) is 8.80. The number of nitrogens with zero attached hydrogens (tertiary/aromatic N) is 1. The van der Waals surface area contributed by atoms with Crippen LogP contribution < -0.4 is 0 Å². The molecule has 2 aromatic carbocycles. The van der Waals surface area contributed by atoms with Crippen LogP contribution >= 0.6 is 0 Å². The van der Waals surface area contributed by atoms with Crippen LogP contribution in [0.1, 0.15) is 185 Å². The van der Waals surface area contributed by atoms with E-state index < -0.39 is 65.5 Å². The third-order valence-corrected chi connectivity index (χ3v) is 12.4. The second kappa shape index (κ2) is 35.7. The summed E-state index contributed by atoms with van der Waals surface area (Å²) in [6.45, 7) is 1.30. The van der Waals surface area contributed by atoms with E-state index in [2.05, 4.69) is 31.2 Å². The Morgan fingerprint density at radius 2 is 1.02 bits per heavy atom. The van der Waals surface area contributed by atoms with Crippen LogP contribution in [0.5, 0.6) is 0 Å². The fourth-order valence-electron chi connectivity index (χ4n) is 8.29. The Labute approximate surface area is 412 Å². The number of carbonyl (C=O) groups excluding carboxylic acids is 3. The summed E-state index contributed by atoms with van der Waals surface area (Å²) < 4.78 is 50.2. The van der Waals surface area contributed by atoms with Crippen LogP contribution in [0.25, 0.3) is 0 Å². The number of carbonyl (C=O) groups is 3. The molecule has 1 aliphatic heterocycles. The number of aliphatic hydroxyl groups is 2. The first kappa shape index (κ1) is 58.7. The zero-order chi connectivity index (χ0) is 46.3. The van der Waals surface area contributed by atoms with Gasteiger partial charge in [0, 0.05) is 19.3 Å². The van der Waals surface area contributed by atoms with E-state index in [1.54, 1.807) is 0 Å². The topological polar surface area (TPSA) is 186 Å². The molecule has 0 bridgehead atoms. The Morgan fingerprint density at radius 3 is 1.46 bits per heavy atom. The molecule has 15 heteroatoms. The summed E-state index contributed by atoms with van der Waals surface area (Å²) in [5.41, 5.74) is 2.60. The number of benzene rings is 2. The zero-order valence-corrected chi connectivity index (χ0v) is 39.4. The number of hydroxylamine groups is 2. The van der Waals surface area contributed by atoms with Gasteiger partial charge in [-0.1, -0.05) is 183 Å². The Morgan fingerprint density at radius 1 is 0.600 bits per heavy atom. The first-order valence-electron chi connectivity index (χ1n) is 24.4. The molecule has 1 fully saturated rings. The second-order valence-electron chi connectivity index (χ2n) is 17.4. The van der Waals surface area contributed by atoms with E-state index in [4.69, 9.17) is 18.5 Å². The van der Waals surface area contributed by atoms with Crippen molar-refractivity contribution in [1.29, 1.82) is 0 Å². The quantitative estimate of drug-likeness (QED) is 0.0196. The molecule has 0 unspecified atom stereocenters. The van der Waals surface area contributed by atoms with Gasteiger partial charge in [-0.05, 0) is 56.1 Å². The van der Waals surface area contributed by atoms with Crippen molar-refractivity contribution in [2.75, 3.05) is 6.61 Å². The van der Waals surface area contributed by atoms with Crippen LogP contribution in [-0.4, -0.2) is 113 Å². The number of hydrogen-bond acceptors (Lipinski definition) is 11. The number of aliphatic hydroxyl groups excluding tert-OH is 2. The van der Waals surface area contributed by atoms with Crippen molar-refractivity contribution < 1.29 is 56.1 Å². The molecule has 1 aliphatic rings. The van der Waals surface area contributed by atoms with Gasteiger partial charge < -0.3 is 24.5 Å². The van der Waals surface area contributed by atoms with E-state index in [1.807, 2.05) is 36.4 Å². The molecule has 0 aliphatic carbocycles. The van der Waals surface area contributed by atoms with Gasteiger partial charge in [-0.25, -0.2) is 8.98 Å². The van der Waals surface area contributed by atoms with Gasteiger partial charge in [-0.15, -0.1) is 0 Å². The van der Waals surface area contributed by atoms with Gasteiger partial charge in [-0.2, -0.15) is 13.5 Å². The molecule has 5 atom stereocenters. The molecule has 364 valence electrons. The molecule has 3 rings (SSSR count). The van der Waals surface area contributed by atoms with Gasteiger partial charge in [0.05, 0.1) is 6.61 Å².